The second-order valence-corrected chi connectivity index (χ2v) is 2.36. The summed E-state index contributed by atoms with van der Waals surface area (Å²) in [5.74, 6) is 0. The predicted octanol–water partition coefficient (Wildman–Crippen LogP) is -0.912. The molecule has 0 unspecified atom stereocenters. The second kappa shape index (κ2) is 3.64. The molecular formula is C7H14NO+. The van der Waals surface area contributed by atoms with Gasteiger partial charge in [0.05, 0.1) is 19.8 Å². The third-order valence-electron chi connectivity index (χ3n) is 1.63. The number of quaternary nitrogens is 1. The normalized spacial score (nSPS) is 21.8. The quantitative estimate of drug-likeness (QED) is 0.475. The van der Waals surface area contributed by atoms with E-state index in [1.807, 2.05) is 6.08 Å². The van der Waals surface area contributed by atoms with Crippen LogP contribution in [0.2, 0.25) is 0 Å². The lowest BCUT2D eigenvalue weighted by atomic mass is 10.4. The van der Waals surface area contributed by atoms with E-state index in [1.165, 1.54) is 0 Å². The highest BCUT2D eigenvalue weighted by atomic mass is 16.5. The van der Waals surface area contributed by atoms with Crippen LogP contribution < -0.4 is 4.90 Å². The van der Waals surface area contributed by atoms with Gasteiger partial charge in [0.25, 0.3) is 0 Å². The van der Waals surface area contributed by atoms with Crippen LogP contribution in [0.5, 0.6) is 0 Å². The van der Waals surface area contributed by atoms with Crippen molar-refractivity contribution in [3.8, 4) is 0 Å². The molecule has 1 fully saturated rings. The average molecular weight is 128 g/mol. The predicted molar refractivity (Wildman–Crippen MR) is 36.6 cm³/mol. The summed E-state index contributed by atoms with van der Waals surface area (Å²) in [6.45, 7) is 8.91. The summed E-state index contributed by atoms with van der Waals surface area (Å²) in [6, 6.07) is 0. The molecule has 0 aliphatic carbocycles. The van der Waals surface area contributed by atoms with Crippen LogP contribution in [0.4, 0.5) is 0 Å². The average Bonchev–Trinajstić information content (AvgIpc) is 1.91. The molecular weight excluding hydrogens is 114 g/mol. The molecule has 0 spiro atoms. The first kappa shape index (κ1) is 6.78. The molecule has 0 radical (unpaired) electrons. The second-order valence-electron chi connectivity index (χ2n) is 2.36. The Bertz CT molecular complexity index is 86.9. The third-order valence-corrected chi connectivity index (χ3v) is 1.63. The zero-order chi connectivity index (χ0) is 6.53. The van der Waals surface area contributed by atoms with Crippen molar-refractivity contribution in [3.05, 3.63) is 12.7 Å². The van der Waals surface area contributed by atoms with Crippen LogP contribution in [-0.2, 0) is 4.74 Å². The van der Waals surface area contributed by atoms with E-state index in [-0.39, 0.29) is 0 Å². The summed E-state index contributed by atoms with van der Waals surface area (Å²) in [4.78, 5) is 1.59. The van der Waals surface area contributed by atoms with Gasteiger partial charge in [-0.15, -0.1) is 0 Å². The van der Waals surface area contributed by atoms with Gasteiger partial charge in [-0.2, -0.15) is 0 Å². The molecule has 0 amide bonds. The van der Waals surface area contributed by atoms with E-state index in [1.54, 1.807) is 4.90 Å². The van der Waals surface area contributed by atoms with Gasteiger partial charge in [0.15, 0.2) is 0 Å². The summed E-state index contributed by atoms with van der Waals surface area (Å²) in [5.41, 5.74) is 0. The SMILES string of the molecule is C=CC[NH+]1CCOCC1. The van der Waals surface area contributed by atoms with Gasteiger partial charge in [0.1, 0.15) is 13.1 Å². The first-order chi connectivity index (χ1) is 4.43. The number of hydrogen-bond acceptors (Lipinski definition) is 1. The van der Waals surface area contributed by atoms with E-state index >= 15 is 0 Å². The lowest BCUT2D eigenvalue weighted by molar-refractivity contribution is -0.902. The number of rotatable bonds is 2. The molecule has 9 heavy (non-hydrogen) atoms. The molecule has 52 valence electrons. The molecule has 0 aromatic heterocycles. The van der Waals surface area contributed by atoms with E-state index in [4.69, 9.17) is 4.74 Å². The Labute approximate surface area is 56.1 Å². The number of nitrogens with one attached hydrogen (secondary N) is 1. The van der Waals surface area contributed by atoms with Crippen molar-refractivity contribution in [2.45, 2.75) is 0 Å². The molecule has 0 saturated carbocycles. The molecule has 0 aromatic rings. The maximum atomic E-state index is 5.19. The Kier molecular flexibility index (Phi) is 2.74. The van der Waals surface area contributed by atoms with Crippen molar-refractivity contribution in [1.82, 2.24) is 0 Å². The topological polar surface area (TPSA) is 13.7 Å². The van der Waals surface area contributed by atoms with Crippen LogP contribution in [0.25, 0.3) is 0 Å². The van der Waals surface area contributed by atoms with Crippen molar-refractivity contribution >= 4 is 0 Å². The summed E-state index contributed by atoms with van der Waals surface area (Å²) < 4.78 is 5.19. The van der Waals surface area contributed by atoms with Crippen LogP contribution in [0.3, 0.4) is 0 Å². The van der Waals surface area contributed by atoms with Gasteiger partial charge in [-0.05, 0) is 6.08 Å². The van der Waals surface area contributed by atoms with Crippen LogP contribution in [0, 0.1) is 0 Å². The smallest absolute Gasteiger partial charge is 0.101 e. The largest absolute Gasteiger partial charge is 0.370 e. The molecule has 1 rings (SSSR count). The van der Waals surface area contributed by atoms with E-state index in [9.17, 15) is 0 Å². The Hall–Kier alpha value is -0.340. The van der Waals surface area contributed by atoms with Gasteiger partial charge in [0.2, 0.25) is 0 Å². The van der Waals surface area contributed by atoms with Gasteiger partial charge in [0, 0.05) is 0 Å². The van der Waals surface area contributed by atoms with Gasteiger partial charge < -0.3 is 9.64 Å². The van der Waals surface area contributed by atoms with Crippen molar-refractivity contribution < 1.29 is 9.64 Å². The number of morpholine rings is 1. The molecule has 2 nitrogen and oxygen atoms in total. The standard InChI is InChI=1S/C7H13NO/c1-2-3-8-4-6-9-7-5-8/h2H,1,3-7H2/p+1. The van der Waals surface area contributed by atoms with Crippen LogP contribution in [0.15, 0.2) is 12.7 Å². The van der Waals surface area contributed by atoms with Gasteiger partial charge >= 0.3 is 0 Å². The minimum atomic E-state index is 0.920. The fourth-order valence-electron chi connectivity index (χ4n) is 1.07. The maximum Gasteiger partial charge on any atom is 0.101 e. The van der Waals surface area contributed by atoms with Crippen LogP contribution in [0.1, 0.15) is 0 Å². The van der Waals surface area contributed by atoms with Crippen LogP contribution >= 0.6 is 0 Å². The van der Waals surface area contributed by atoms with Gasteiger partial charge in [-0.25, -0.2) is 0 Å². The van der Waals surface area contributed by atoms with E-state index in [2.05, 4.69) is 6.58 Å². The molecule has 1 N–H and O–H groups in total. The zero-order valence-corrected chi connectivity index (χ0v) is 5.73. The molecule has 1 aliphatic heterocycles. The fourth-order valence-corrected chi connectivity index (χ4v) is 1.07. The highest BCUT2D eigenvalue weighted by Gasteiger charge is 2.10. The lowest BCUT2D eigenvalue weighted by Crippen LogP contribution is -3.13. The summed E-state index contributed by atoms with van der Waals surface area (Å²) in [5, 5.41) is 0. The van der Waals surface area contributed by atoms with E-state index < -0.39 is 0 Å². The Balaban J connectivity index is 2.15. The molecule has 2 heteroatoms. The van der Waals surface area contributed by atoms with Crippen molar-refractivity contribution in [3.63, 3.8) is 0 Å². The van der Waals surface area contributed by atoms with Crippen molar-refractivity contribution in [2.24, 2.45) is 0 Å². The van der Waals surface area contributed by atoms with Crippen LogP contribution in [-0.4, -0.2) is 32.8 Å². The summed E-state index contributed by atoms with van der Waals surface area (Å²) in [6.07, 6.45) is 1.97. The van der Waals surface area contributed by atoms with E-state index in [0.29, 0.717) is 0 Å². The fraction of sp³-hybridized carbons (Fsp3) is 0.714. The minimum absolute atomic E-state index is 0.920. The Morgan fingerprint density at radius 1 is 1.44 bits per heavy atom. The van der Waals surface area contributed by atoms with Crippen molar-refractivity contribution in [2.75, 3.05) is 32.8 Å². The molecule has 1 saturated heterocycles. The third kappa shape index (κ3) is 2.16. The van der Waals surface area contributed by atoms with Crippen molar-refractivity contribution in [1.29, 1.82) is 0 Å². The van der Waals surface area contributed by atoms with E-state index in [0.717, 1.165) is 32.8 Å². The summed E-state index contributed by atoms with van der Waals surface area (Å²) in [7, 11) is 0. The molecule has 0 atom stereocenters. The maximum absolute atomic E-state index is 5.19. The highest BCUT2D eigenvalue weighted by Crippen LogP contribution is 1.73. The number of ether oxygens (including phenoxy) is 1. The summed E-state index contributed by atoms with van der Waals surface area (Å²) >= 11 is 0. The molecule has 0 bridgehead atoms. The molecule has 1 aliphatic rings. The minimum Gasteiger partial charge on any atom is -0.370 e. The monoisotopic (exact) mass is 128 g/mol. The molecule has 0 aromatic carbocycles. The molecule has 1 heterocycles. The zero-order valence-electron chi connectivity index (χ0n) is 5.73. The Morgan fingerprint density at radius 3 is 2.67 bits per heavy atom. The Morgan fingerprint density at radius 2 is 2.11 bits per heavy atom. The first-order valence-electron chi connectivity index (χ1n) is 3.45. The first-order valence-corrected chi connectivity index (χ1v) is 3.45. The van der Waals surface area contributed by atoms with Gasteiger partial charge in [-0.3, -0.25) is 0 Å². The number of hydrogen-bond donors (Lipinski definition) is 1. The lowest BCUT2D eigenvalue weighted by Gasteiger charge is -2.21. The highest BCUT2D eigenvalue weighted by molar-refractivity contribution is 4.63. The van der Waals surface area contributed by atoms with Gasteiger partial charge in [-0.1, -0.05) is 6.58 Å².